The van der Waals surface area contributed by atoms with Crippen molar-refractivity contribution in [1.82, 2.24) is 10.6 Å². The quantitative estimate of drug-likeness (QED) is 0.101. The van der Waals surface area contributed by atoms with E-state index in [0.29, 0.717) is 87.1 Å². The molecule has 272 valence electrons. The first-order valence-electron chi connectivity index (χ1n) is 18.5. The zero-order chi connectivity index (χ0) is 35.5. The Labute approximate surface area is 297 Å². The molecule has 2 aromatic carbocycles. The van der Waals surface area contributed by atoms with Crippen LogP contribution in [0.4, 0.5) is 0 Å². The number of aliphatic hydroxyl groups is 1. The predicted molar refractivity (Wildman–Crippen MR) is 196 cm³/mol. The molecule has 5 rings (SSSR count). The van der Waals surface area contributed by atoms with Gasteiger partial charge in [-0.15, -0.1) is 0 Å². The van der Waals surface area contributed by atoms with Crippen molar-refractivity contribution in [2.24, 2.45) is 22.6 Å². The number of phenolic OH excluding ortho intramolecular Hbond substituents is 1. The predicted octanol–water partition coefficient (Wildman–Crippen LogP) is 4.95. The molecule has 0 spiro atoms. The van der Waals surface area contributed by atoms with Crippen LogP contribution in [0.1, 0.15) is 99.5 Å². The highest BCUT2D eigenvalue weighted by Gasteiger charge is 2.29. The molecule has 0 radical (unpaired) electrons. The zero-order valence-corrected chi connectivity index (χ0v) is 30.1. The molecule has 3 aliphatic rings. The summed E-state index contributed by atoms with van der Waals surface area (Å²) in [7, 11) is 1.51. The number of aryl methyl sites for hydroxylation is 2. The lowest BCUT2D eigenvalue weighted by atomic mass is 9.86. The molecule has 50 heavy (non-hydrogen) atoms. The Balaban J connectivity index is 1.47. The summed E-state index contributed by atoms with van der Waals surface area (Å²) in [5, 5.41) is 28.4. The number of fused-ring (bicyclic) bond motifs is 5. The lowest BCUT2D eigenvalue weighted by Crippen LogP contribution is -2.35. The average molecular weight is 689 g/mol. The number of ketones is 1. The van der Waals surface area contributed by atoms with E-state index in [4.69, 9.17) is 19.9 Å². The highest BCUT2D eigenvalue weighted by atomic mass is 16.5. The summed E-state index contributed by atoms with van der Waals surface area (Å²) >= 11 is 0. The molecule has 10 heteroatoms. The van der Waals surface area contributed by atoms with E-state index in [-0.39, 0.29) is 30.3 Å². The van der Waals surface area contributed by atoms with E-state index in [9.17, 15) is 15.0 Å². The number of aromatic hydroxyl groups is 1. The SMILES string of the molecule is COc1c(O)ccc2c1C#CCc1cc(c3c(c1OCNC1CCCCC1)OCC(CCNC(N)=NCC(C)C)C3)CCC(O)CC(=O)CC2. The third kappa shape index (κ3) is 10.3. The maximum absolute atomic E-state index is 13.0. The van der Waals surface area contributed by atoms with Crippen LogP contribution in [-0.4, -0.2) is 67.6 Å². The van der Waals surface area contributed by atoms with E-state index in [2.05, 4.69) is 47.4 Å². The van der Waals surface area contributed by atoms with E-state index in [1.54, 1.807) is 12.1 Å². The van der Waals surface area contributed by atoms with Crippen molar-refractivity contribution < 1.29 is 29.2 Å². The molecule has 1 aliphatic heterocycles. The van der Waals surface area contributed by atoms with Gasteiger partial charge in [-0.3, -0.25) is 15.1 Å². The number of aliphatic hydroxyl groups excluding tert-OH is 1. The topological polar surface area (TPSA) is 148 Å². The number of nitrogens with one attached hydrogen (secondary N) is 2. The monoisotopic (exact) mass is 688 g/mol. The van der Waals surface area contributed by atoms with Gasteiger partial charge in [-0.2, -0.15) is 0 Å². The van der Waals surface area contributed by atoms with Crippen LogP contribution in [0.3, 0.4) is 0 Å². The first kappa shape index (κ1) is 37.3. The van der Waals surface area contributed by atoms with Crippen LogP contribution in [0, 0.1) is 23.7 Å². The lowest BCUT2D eigenvalue weighted by Gasteiger charge is -2.31. The maximum Gasteiger partial charge on any atom is 0.188 e. The number of ether oxygens (including phenoxy) is 3. The number of hydrogen-bond acceptors (Lipinski definition) is 8. The summed E-state index contributed by atoms with van der Waals surface area (Å²) < 4.78 is 18.7. The number of methoxy groups -OCH3 is 1. The third-order valence-electron chi connectivity index (χ3n) is 9.95. The molecular weight excluding hydrogens is 632 g/mol. The summed E-state index contributed by atoms with van der Waals surface area (Å²) in [6.45, 7) is 6.52. The van der Waals surface area contributed by atoms with E-state index < -0.39 is 6.10 Å². The molecule has 0 amide bonds. The Morgan fingerprint density at radius 1 is 1.08 bits per heavy atom. The van der Waals surface area contributed by atoms with E-state index in [0.717, 1.165) is 53.7 Å². The van der Waals surface area contributed by atoms with Gasteiger partial charge in [0.1, 0.15) is 12.5 Å². The van der Waals surface area contributed by atoms with Gasteiger partial charge in [0.15, 0.2) is 29.0 Å². The van der Waals surface area contributed by atoms with Gasteiger partial charge in [0.2, 0.25) is 0 Å². The molecule has 2 aliphatic carbocycles. The fourth-order valence-corrected chi connectivity index (χ4v) is 7.15. The van der Waals surface area contributed by atoms with Crippen LogP contribution < -0.4 is 30.6 Å². The molecule has 10 nitrogen and oxygen atoms in total. The zero-order valence-electron chi connectivity index (χ0n) is 30.1. The van der Waals surface area contributed by atoms with Crippen LogP contribution in [0.2, 0.25) is 0 Å². The molecule has 1 saturated carbocycles. The number of nitrogens with two attached hydrogens (primary N) is 1. The summed E-state index contributed by atoms with van der Waals surface area (Å²) in [5.41, 5.74) is 10.6. The van der Waals surface area contributed by atoms with Crippen LogP contribution in [0.5, 0.6) is 23.0 Å². The van der Waals surface area contributed by atoms with Gasteiger partial charge >= 0.3 is 0 Å². The van der Waals surface area contributed by atoms with Crippen molar-refractivity contribution in [3.05, 3.63) is 46.0 Å². The van der Waals surface area contributed by atoms with Crippen LogP contribution in [-0.2, 0) is 30.5 Å². The summed E-state index contributed by atoms with van der Waals surface area (Å²) in [6.07, 6.45) is 9.17. The summed E-state index contributed by atoms with van der Waals surface area (Å²) in [6, 6.07) is 5.95. The van der Waals surface area contributed by atoms with Gasteiger partial charge < -0.3 is 35.5 Å². The third-order valence-corrected chi connectivity index (χ3v) is 9.95. The number of carbonyl (C=O) groups excluding carboxylic acids is 1. The molecule has 0 saturated heterocycles. The Hall–Kier alpha value is -3.94. The van der Waals surface area contributed by atoms with Crippen LogP contribution in [0.15, 0.2) is 23.2 Å². The number of rotatable bonds is 10. The maximum atomic E-state index is 13.0. The minimum Gasteiger partial charge on any atom is -0.504 e. The van der Waals surface area contributed by atoms with Crippen molar-refractivity contribution in [3.63, 3.8) is 0 Å². The average Bonchev–Trinajstić information content (AvgIpc) is 3.10. The Morgan fingerprint density at radius 2 is 1.90 bits per heavy atom. The normalized spacial score (nSPS) is 20.3. The number of phenols is 1. The van der Waals surface area contributed by atoms with Crippen LogP contribution >= 0.6 is 0 Å². The smallest absolute Gasteiger partial charge is 0.188 e. The minimum absolute atomic E-state index is 0.00206. The second-order valence-corrected chi connectivity index (χ2v) is 14.4. The molecule has 1 heterocycles. The number of guanidine groups is 1. The summed E-state index contributed by atoms with van der Waals surface area (Å²) in [4.78, 5) is 17.4. The van der Waals surface area contributed by atoms with Crippen molar-refractivity contribution >= 4 is 11.7 Å². The largest absolute Gasteiger partial charge is 0.504 e. The molecule has 6 N–H and O–H groups in total. The lowest BCUT2D eigenvalue weighted by molar-refractivity contribution is -0.121. The highest BCUT2D eigenvalue weighted by molar-refractivity contribution is 5.79. The van der Waals surface area contributed by atoms with E-state index >= 15 is 0 Å². The van der Waals surface area contributed by atoms with Gasteiger partial charge in [-0.25, -0.2) is 0 Å². The van der Waals surface area contributed by atoms with Crippen molar-refractivity contribution in [3.8, 4) is 34.8 Å². The van der Waals surface area contributed by atoms with Crippen LogP contribution in [0.25, 0.3) is 0 Å². The van der Waals surface area contributed by atoms with Gasteiger partial charge in [0, 0.05) is 49.5 Å². The molecular formula is C40H56N4O6. The second-order valence-electron chi connectivity index (χ2n) is 14.4. The van der Waals surface area contributed by atoms with E-state index in [1.165, 1.54) is 26.4 Å². The first-order valence-corrected chi connectivity index (χ1v) is 18.5. The van der Waals surface area contributed by atoms with Gasteiger partial charge in [-0.1, -0.05) is 57.1 Å². The molecule has 2 unspecified atom stereocenters. The minimum atomic E-state index is -0.759. The fourth-order valence-electron chi connectivity index (χ4n) is 7.15. The van der Waals surface area contributed by atoms with Gasteiger partial charge in [0.05, 0.1) is 25.4 Å². The number of aliphatic imine (C=N–C) groups is 1. The highest BCUT2D eigenvalue weighted by Crippen LogP contribution is 2.43. The fraction of sp³-hybridized carbons (Fsp3) is 0.600. The molecule has 1 fully saturated rings. The molecule has 2 atom stereocenters. The molecule has 0 aromatic heterocycles. The van der Waals surface area contributed by atoms with Gasteiger partial charge in [-0.05, 0) is 74.0 Å². The Morgan fingerprint density at radius 3 is 2.68 bits per heavy atom. The number of Topliss-reactive ketones (excluding diaryl/α,β-unsaturated/α-hetero) is 1. The van der Waals surface area contributed by atoms with E-state index in [1.807, 2.05) is 0 Å². The standard InChI is InChI=1S/C40H56N4O6/c1-26(2)23-43-40(41)42-19-18-27-20-35-29-13-16-33(46)22-32(45)15-12-28-14-17-36(47)38(48-3)34(28)11-7-8-30(21-29)37(39(35)49-24-27)50-25-44-31-9-5-4-6-10-31/h14,17,21,26-27,31,33,44,46-47H,4-6,8-10,12-13,15-16,18-20,22-25H2,1-3H3,(H3,41,42,43). The van der Waals surface area contributed by atoms with Gasteiger partial charge in [0.25, 0.3) is 0 Å². The number of hydrogen-bond donors (Lipinski definition) is 5. The number of benzene rings is 2. The second kappa shape index (κ2) is 18.3. The van der Waals surface area contributed by atoms with Crippen molar-refractivity contribution in [2.75, 3.05) is 33.5 Å². The van der Waals surface area contributed by atoms with Crippen molar-refractivity contribution in [1.29, 1.82) is 0 Å². The summed E-state index contributed by atoms with van der Waals surface area (Å²) in [5.74, 6) is 9.48. The Kier molecular flexibility index (Phi) is 13.7. The Bertz CT molecular complexity index is 1560. The number of carbonyl (C=O) groups is 1. The van der Waals surface area contributed by atoms with Crippen molar-refractivity contribution in [2.45, 2.75) is 109 Å². The number of nitrogens with zero attached hydrogens (tertiary/aromatic N) is 1. The molecule has 2 bridgehead atoms. The first-order chi connectivity index (χ1) is 24.2. The molecule has 2 aromatic rings.